The maximum Gasteiger partial charge on any atom is 0.243 e. The molecule has 0 fully saturated rings. The van der Waals surface area contributed by atoms with Crippen molar-refractivity contribution in [1.29, 1.82) is 0 Å². The molecule has 1 aromatic heterocycles. The number of carbonyl (C=O) groups is 1. The van der Waals surface area contributed by atoms with Crippen LogP contribution in [0.15, 0.2) is 54.6 Å². The van der Waals surface area contributed by atoms with Crippen LogP contribution in [0.5, 0.6) is 5.75 Å². The van der Waals surface area contributed by atoms with Crippen LogP contribution < -0.4 is 10.1 Å². The van der Waals surface area contributed by atoms with Crippen LogP contribution in [-0.4, -0.2) is 28.6 Å². The second-order valence-electron chi connectivity index (χ2n) is 7.13. The first-order chi connectivity index (χ1) is 14.1. The molecule has 0 bridgehead atoms. The number of hydrogen-bond donors (Lipinski definition) is 1. The second kappa shape index (κ2) is 9.92. The lowest BCUT2D eigenvalue weighted by molar-refractivity contribution is -0.116. The van der Waals surface area contributed by atoms with E-state index in [2.05, 4.69) is 48.0 Å². The molecule has 2 aromatic carbocycles. The molecule has 5 nitrogen and oxygen atoms in total. The van der Waals surface area contributed by atoms with E-state index in [1.54, 1.807) is 6.08 Å². The fourth-order valence-corrected chi connectivity index (χ4v) is 3.50. The van der Waals surface area contributed by atoms with Crippen LogP contribution >= 0.6 is 0 Å². The van der Waals surface area contributed by atoms with Gasteiger partial charge in [0.15, 0.2) is 0 Å². The van der Waals surface area contributed by atoms with E-state index < -0.39 is 0 Å². The van der Waals surface area contributed by atoms with Gasteiger partial charge in [0, 0.05) is 19.5 Å². The van der Waals surface area contributed by atoms with E-state index in [0.717, 1.165) is 46.7 Å². The van der Waals surface area contributed by atoms with E-state index >= 15 is 0 Å². The number of imidazole rings is 1. The summed E-state index contributed by atoms with van der Waals surface area (Å²) in [6.45, 7) is 8.02. The highest BCUT2D eigenvalue weighted by Gasteiger charge is 2.11. The monoisotopic (exact) mass is 391 g/mol. The number of ether oxygens (including phenoxy) is 1. The van der Waals surface area contributed by atoms with Gasteiger partial charge in [0.2, 0.25) is 5.91 Å². The van der Waals surface area contributed by atoms with E-state index in [1.165, 1.54) is 6.08 Å². The van der Waals surface area contributed by atoms with Crippen molar-refractivity contribution in [3.63, 3.8) is 0 Å². The van der Waals surface area contributed by atoms with Crippen LogP contribution in [0.4, 0.5) is 0 Å². The van der Waals surface area contributed by atoms with E-state index in [-0.39, 0.29) is 5.91 Å². The van der Waals surface area contributed by atoms with Crippen LogP contribution in [0.2, 0.25) is 0 Å². The Balaban J connectivity index is 1.65. The first kappa shape index (κ1) is 20.6. The van der Waals surface area contributed by atoms with Gasteiger partial charge < -0.3 is 14.6 Å². The van der Waals surface area contributed by atoms with Crippen LogP contribution in [0.1, 0.15) is 30.3 Å². The third-order valence-electron chi connectivity index (χ3n) is 4.88. The van der Waals surface area contributed by atoms with E-state index in [9.17, 15) is 4.79 Å². The predicted molar refractivity (Wildman–Crippen MR) is 117 cm³/mol. The highest BCUT2D eigenvalue weighted by Crippen LogP contribution is 2.23. The molecule has 152 valence electrons. The molecule has 0 saturated heterocycles. The second-order valence-corrected chi connectivity index (χ2v) is 7.13. The molecule has 5 heteroatoms. The molecule has 1 N–H and O–H groups in total. The largest absolute Gasteiger partial charge is 0.493 e. The molecule has 0 atom stereocenters. The maximum atomic E-state index is 11.6. The molecule has 29 heavy (non-hydrogen) atoms. The number of carbonyl (C=O) groups excluding carboxylic acids is 1. The number of amides is 1. The minimum Gasteiger partial charge on any atom is -0.493 e. The molecule has 0 saturated carbocycles. The van der Waals surface area contributed by atoms with Crippen molar-refractivity contribution >= 4 is 16.9 Å². The van der Waals surface area contributed by atoms with Gasteiger partial charge in [-0.1, -0.05) is 36.4 Å². The summed E-state index contributed by atoms with van der Waals surface area (Å²) in [5, 5.41) is 2.90. The van der Waals surface area contributed by atoms with Crippen molar-refractivity contribution in [2.45, 2.75) is 40.2 Å². The lowest BCUT2D eigenvalue weighted by Gasteiger charge is -2.13. The zero-order valence-corrected chi connectivity index (χ0v) is 17.4. The van der Waals surface area contributed by atoms with Gasteiger partial charge in [-0.05, 0) is 56.5 Å². The Labute approximate surface area is 172 Å². The van der Waals surface area contributed by atoms with Gasteiger partial charge in [0.05, 0.1) is 17.6 Å². The molecule has 0 aliphatic rings. The Bertz CT molecular complexity index is 984. The number of para-hydroxylation sites is 3. The fourth-order valence-electron chi connectivity index (χ4n) is 3.50. The molecule has 3 aromatic rings. The number of hydrogen-bond acceptors (Lipinski definition) is 3. The quantitative estimate of drug-likeness (QED) is 0.436. The number of nitrogens with one attached hydrogen (secondary N) is 1. The molecule has 3 rings (SSSR count). The number of rotatable bonds is 9. The van der Waals surface area contributed by atoms with Crippen molar-refractivity contribution in [1.82, 2.24) is 14.9 Å². The topological polar surface area (TPSA) is 56.2 Å². The Morgan fingerprint density at radius 2 is 1.90 bits per heavy atom. The van der Waals surface area contributed by atoms with Crippen molar-refractivity contribution in [3.8, 4) is 5.75 Å². The van der Waals surface area contributed by atoms with Gasteiger partial charge >= 0.3 is 0 Å². The predicted octanol–water partition coefficient (Wildman–Crippen LogP) is 4.36. The van der Waals surface area contributed by atoms with Crippen LogP contribution in [-0.2, 0) is 17.8 Å². The smallest absolute Gasteiger partial charge is 0.243 e. The van der Waals surface area contributed by atoms with Gasteiger partial charge in [0.25, 0.3) is 0 Å². The number of aryl methyl sites for hydroxylation is 3. The summed E-state index contributed by atoms with van der Waals surface area (Å²) in [7, 11) is 0. The number of benzene rings is 2. The van der Waals surface area contributed by atoms with Crippen molar-refractivity contribution in [2.75, 3.05) is 13.2 Å². The Morgan fingerprint density at radius 3 is 2.66 bits per heavy atom. The molecule has 0 radical (unpaired) electrons. The molecule has 0 spiro atoms. The minimum absolute atomic E-state index is 0.0721. The summed E-state index contributed by atoms with van der Waals surface area (Å²) in [5.41, 5.74) is 4.43. The van der Waals surface area contributed by atoms with E-state index in [0.29, 0.717) is 19.6 Å². The van der Waals surface area contributed by atoms with Gasteiger partial charge in [-0.3, -0.25) is 4.79 Å². The summed E-state index contributed by atoms with van der Waals surface area (Å²) in [6.07, 6.45) is 4.84. The van der Waals surface area contributed by atoms with Crippen LogP contribution in [0, 0.1) is 13.8 Å². The summed E-state index contributed by atoms with van der Waals surface area (Å²) in [6, 6.07) is 14.4. The molecule has 1 amide bonds. The van der Waals surface area contributed by atoms with Crippen LogP contribution in [0.25, 0.3) is 11.0 Å². The Kier molecular flexibility index (Phi) is 7.06. The average molecular weight is 392 g/mol. The Morgan fingerprint density at radius 1 is 1.14 bits per heavy atom. The maximum absolute atomic E-state index is 11.6. The first-order valence-corrected chi connectivity index (χ1v) is 10.1. The summed E-state index contributed by atoms with van der Waals surface area (Å²) in [4.78, 5) is 16.4. The third-order valence-corrected chi connectivity index (χ3v) is 4.88. The van der Waals surface area contributed by atoms with Crippen molar-refractivity contribution in [2.24, 2.45) is 0 Å². The lowest BCUT2D eigenvalue weighted by Crippen LogP contribution is -2.24. The molecule has 1 heterocycles. The minimum atomic E-state index is -0.0721. The highest BCUT2D eigenvalue weighted by atomic mass is 16.5. The molecule has 0 aliphatic carbocycles. The first-order valence-electron chi connectivity index (χ1n) is 10.1. The standard InChI is InChI=1S/C24H29N3O2/c1-4-9-23(28)25-15-14-22-26-20-12-5-6-13-21(20)27(22)16-8-17-29-24-18(2)10-7-11-19(24)3/h4-7,9-13H,8,14-17H2,1-3H3,(H,25,28)/b9-4+. The molecule has 0 unspecified atom stereocenters. The van der Waals surface area contributed by atoms with E-state index in [1.807, 2.05) is 25.1 Å². The third kappa shape index (κ3) is 5.25. The summed E-state index contributed by atoms with van der Waals surface area (Å²) >= 11 is 0. The zero-order valence-electron chi connectivity index (χ0n) is 17.4. The number of allylic oxidation sites excluding steroid dienone is 1. The average Bonchev–Trinajstić information content (AvgIpc) is 3.05. The zero-order chi connectivity index (χ0) is 20.6. The van der Waals surface area contributed by atoms with Gasteiger partial charge in [-0.25, -0.2) is 4.98 Å². The molecular weight excluding hydrogens is 362 g/mol. The SMILES string of the molecule is C/C=C/C(=O)NCCc1nc2ccccc2n1CCCOc1c(C)cccc1C. The van der Waals surface area contributed by atoms with E-state index in [4.69, 9.17) is 9.72 Å². The number of aromatic nitrogens is 2. The molecule has 0 aliphatic heterocycles. The van der Waals surface area contributed by atoms with Gasteiger partial charge in [-0.15, -0.1) is 0 Å². The van der Waals surface area contributed by atoms with Crippen molar-refractivity contribution in [3.05, 3.63) is 71.6 Å². The number of nitrogens with zero attached hydrogens (tertiary/aromatic N) is 2. The highest BCUT2D eigenvalue weighted by molar-refractivity contribution is 5.87. The lowest BCUT2D eigenvalue weighted by atomic mass is 10.1. The Hall–Kier alpha value is -3.08. The van der Waals surface area contributed by atoms with Crippen molar-refractivity contribution < 1.29 is 9.53 Å². The fraction of sp³-hybridized carbons (Fsp3) is 0.333. The van der Waals surface area contributed by atoms with Crippen LogP contribution in [0.3, 0.4) is 0 Å². The summed E-state index contributed by atoms with van der Waals surface area (Å²) < 4.78 is 8.30. The normalized spacial score (nSPS) is 11.3. The van der Waals surface area contributed by atoms with Gasteiger partial charge in [-0.2, -0.15) is 0 Å². The summed E-state index contributed by atoms with van der Waals surface area (Å²) in [5.74, 6) is 1.89. The molecular formula is C24H29N3O2. The van der Waals surface area contributed by atoms with Gasteiger partial charge in [0.1, 0.15) is 11.6 Å². The number of fused-ring (bicyclic) bond motifs is 1.